The monoisotopic (exact) mass is 304 g/mol. The van der Waals surface area contributed by atoms with Gasteiger partial charge in [0.25, 0.3) is 5.91 Å². The minimum Gasteiger partial charge on any atom is -0.478 e. The molecular weight excluding hydrogens is 288 g/mol. The number of aromatic amines is 1. The fraction of sp³-hybridized carbons (Fsp3) is 0.333. The van der Waals surface area contributed by atoms with Gasteiger partial charge in [-0.2, -0.15) is 0 Å². The van der Waals surface area contributed by atoms with Crippen molar-refractivity contribution in [3.05, 3.63) is 34.4 Å². The van der Waals surface area contributed by atoms with E-state index in [0.29, 0.717) is 11.2 Å². The van der Waals surface area contributed by atoms with E-state index in [1.54, 1.807) is 11.4 Å². The average Bonchev–Trinajstić information content (AvgIpc) is 3.00. The van der Waals surface area contributed by atoms with Crippen molar-refractivity contribution in [2.75, 3.05) is 0 Å². The zero-order chi connectivity index (χ0) is 15.0. The van der Waals surface area contributed by atoms with Crippen molar-refractivity contribution < 1.29 is 14.7 Å². The second-order valence-electron chi connectivity index (χ2n) is 5.37. The lowest BCUT2D eigenvalue weighted by atomic mass is 9.96. The first-order valence-electron chi connectivity index (χ1n) is 6.84. The van der Waals surface area contributed by atoms with Crippen LogP contribution in [0.25, 0.3) is 10.2 Å². The molecule has 0 aliphatic heterocycles. The number of allylic oxidation sites excluding steroid dienone is 1. The van der Waals surface area contributed by atoms with Gasteiger partial charge in [-0.3, -0.25) is 4.79 Å². The third-order valence-corrected chi connectivity index (χ3v) is 4.73. The highest BCUT2D eigenvalue weighted by Gasteiger charge is 2.19. The summed E-state index contributed by atoms with van der Waals surface area (Å²) in [5.74, 6) is -1.16. The molecule has 6 heteroatoms. The van der Waals surface area contributed by atoms with Crippen molar-refractivity contribution in [1.82, 2.24) is 10.3 Å². The van der Waals surface area contributed by atoms with E-state index in [1.165, 1.54) is 16.9 Å². The number of hydrogen-bond donors (Lipinski definition) is 3. The third kappa shape index (κ3) is 2.71. The predicted molar refractivity (Wildman–Crippen MR) is 82.0 cm³/mol. The fourth-order valence-electron chi connectivity index (χ4n) is 2.55. The highest BCUT2D eigenvalue weighted by Crippen LogP contribution is 2.27. The van der Waals surface area contributed by atoms with Crippen LogP contribution < -0.4 is 5.32 Å². The molecule has 2 aromatic heterocycles. The molecule has 5 nitrogen and oxygen atoms in total. The summed E-state index contributed by atoms with van der Waals surface area (Å²) in [6, 6.07) is 1.87. The number of thiophene rings is 1. The van der Waals surface area contributed by atoms with Gasteiger partial charge in [-0.25, -0.2) is 4.79 Å². The Kier molecular flexibility index (Phi) is 3.55. The van der Waals surface area contributed by atoms with Gasteiger partial charge in [-0.15, -0.1) is 11.3 Å². The highest BCUT2D eigenvalue weighted by atomic mass is 32.1. The van der Waals surface area contributed by atoms with Crippen LogP contribution in [0, 0.1) is 0 Å². The fourth-order valence-corrected chi connectivity index (χ4v) is 3.48. The summed E-state index contributed by atoms with van der Waals surface area (Å²) >= 11 is 1.33. The molecule has 1 unspecified atom stereocenters. The van der Waals surface area contributed by atoms with Crippen LogP contribution in [0.5, 0.6) is 0 Å². The first kappa shape index (κ1) is 13.9. The molecule has 3 N–H and O–H groups in total. The molecular formula is C15H16N2O3S. The normalized spacial score (nSPS) is 18.5. The number of fused-ring (bicyclic) bond motifs is 1. The van der Waals surface area contributed by atoms with Crippen LogP contribution in [-0.4, -0.2) is 28.0 Å². The number of nitrogens with one attached hydrogen (secondary N) is 2. The van der Waals surface area contributed by atoms with E-state index in [9.17, 15) is 9.59 Å². The Morgan fingerprint density at radius 1 is 1.48 bits per heavy atom. The molecule has 0 spiro atoms. The first-order chi connectivity index (χ1) is 10.0. The SMILES string of the molecule is CC1=CCC(NC(=O)c2cc3scc(C(=O)O)c3[nH]2)CC1. The topological polar surface area (TPSA) is 82.2 Å². The van der Waals surface area contributed by atoms with Crippen LogP contribution in [0.15, 0.2) is 23.1 Å². The second-order valence-corrected chi connectivity index (χ2v) is 6.28. The van der Waals surface area contributed by atoms with Gasteiger partial charge in [0.2, 0.25) is 0 Å². The summed E-state index contributed by atoms with van der Waals surface area (Å²) in [5, 5.41) is 13.7. The molecule has 2 aromatic rings. The van der Waals surface area contributed by atoms with Crippen molar-refractivity contribution in [2.45, 2.75) is 32.2 Å². The zero-order valence-electron chi connectivity index (χ0n) is 11.6. The predicted octanol–water partition coefficient (Wildman–Crippen LogP) is 3.16. The van der Waals surface area contributed by atoms with Gasteiger partial charge in [0.15, 0.2) is 0 Å². The van der Waals surface area contributed by atoms with Crippen molar-refractivity contribution in [2.24, 2.45) is 0 Å². The van der Waals surface area contributed by atoms with Crippen molar-refractivity contribution >= 4 is 33.4 Å². The van der Waals surface area contributed by atoms with E-state index < -0.39 is 5.97 Å². The number of H-pyrrole nitrogens is 1. The maximum absolute atomic E-state index is 12.2. The Balaban J connectivity index is 1.77. The largest absolute Gasteiger partial charge is 0.478 e. The molecule has 0 saturated heterocycles. The van der Waals surface area contributed by atoms with Crippen LogP contribution in [0.3, 0.4) is 0 Å². The molecule has 0 bridgehead atoms. The molecule has 0 aromatic carbocycles. The molecule has 0 radical (unpaired) electrons. The smallest absolute Gasteiger partial charge is 0.338 e. The van der Waals surface area contributed by atoms with E-state index in [2.05, 4.69) is 23.3 Å². The number of carboxylic acid groups (broad SMARTS) is 1. The Labute approximate surface area is 125 Å². The molecule has 0 saturated carbocycles. The Bertz CT molecular complexity index is 741. The van der Waals surface area contributed by atoms with Crippen LogP contribution >= 0.6 is 11.3 Å². The molecule has 0 fully saturated rings. The number of carboxylic acids is 1. The lowest BCUT2D eigenvalue weighted by Crippen LogP contribution is -2.35. The maximum atomic E-state index is 12.2. The summed E-state index contributed by atoms with van der Waals surface area (Å²) in [7, 11) is 0. The average molecular weight is 304 g/mol. The lowest BCUT2D eigenvalue weighted by molar-refractivity contribution is 0.0698. The van der Waals surface area contributed by atoms with E-state index in [1.807, 2.05) is 0 Å². The minimum atomic E-state index is -0.983. The lowest BCUT2D eigenvalue weighted by Gasteiger charge is -2.21. The van der Waals surface area contributed by atoms with Gasteiger partial charge in [0, 0.05) is 11.4 Å². The second kappa shape index (κ2) is 5.37. The number of aromatic nitrogens is 1. The molecule has 1 atom stereocenters. The van der Waals surface area contributed by atoms with E-state index in [0.717, 1.165) is 24.0 Å². The Morgan fingerprint density at radius 3 is 2.95 bits per heavy atom. The van der Waals surface area contributed by atoms with E-state index in [4.69, 9.17) is 5.11 Å². The third-order valence-electron chi connectivity index (χ3n) is 3.80. The van der Waals surface area contributed by atoms with E-state index in [-0.39, 0.29) is 17.5 Å². The standard InChI is InChI=1S/C15H16N2O3S/c1-8-2-4-9(5-3-8)16-14(18)11-6-12-13(17-11)10(7-21-12)15(19)20/h2,6-7,9,17H,3-5H2,1H3,(H,16,18)(H,19,20). The van der Waals surface area contributed by atoms with Crippen molar-refractivity contribution in [3.63, 3.8) is 0 Å². The van der Waals surface area contributed by atoms with Gasteiger partial charge >= 0.3 is 5.97 Å². The summed E-state index contributed by atoms with van der Waals surface area (Å²) in [6.45, 7) is 2.10. The van der Waals surface area contributed by atoms with Crippen LogP contribution in [0.4, 0.5) is 0 Å². The summed E-state index contributed by atoms with van der Waals surface area (Å²) in [5.41, 5.74) is 2.53. The number of carbonyl (C=O) groups excluding carboxylic acids is 1. The molecule has 1 aliphatic rings. The highest BCUT2D eigenvalue weighted by molar-refractivity contribution is 7.17. The van der Waals surface area contributed by atoms with Gasteiger partial charge in [-0.1, -0.05) is 11.6 Å². The summed E-state index contributed by atoms with van der Waals surface area (Å²) < 4.78 is 0.789. The van der Waals surface area contributed by atoms with Crippen LogP contribution in [0.2, 0.25) is 0 Å². The van der Waals surface area contributed by atoms with Gasteiger partial charge in [-0.05, 0) is 32.3 Å². The van der Waals surface area contributed by atoms with Crippen molar-refractivity contribution in [3.8, 4) is 0 Å². The Morgan fingerprint density at radius 2 is 2.29 bits per heavy atom. The zero-order valence-corrected chi connectivity index (χ0v) is 12.4. The van der Waals surface area contributed by atoms with Gasteiger partial charge in [0.1, 0.15) is 5.69 Å². The number of carbonyl (C=O) groups is 2. The molecule has 21 heavy (non-hydrogen) atoms. The van der Waals surface area contributed by atoms with E-state index >= 15 is 0 Å². The number of hydrogen-bond acceptors (Lipinski definition) is 3. The molecule has 3 rings (SSSR count). The molecule has 110 valence electrons. The molecule has 1 amide bonds. The quantitative estimate of drug-likeness (QED) is 0.762. The summed E-state index contributed by atoms with van der Waals surface area (Å²) in [6.07, 6.45) is 4.97. The first-order valence-corrected chi connectivity index (χ1v) is 7.72. The van der Waals surface area contributed by atoms with Crippen LogP contribution in [0.1, 0.15) is 47.0 Å². The number of aromatic carboxylic acids is 1. The molecule has 1 aliphatic carbocycles. The van der Waals surface area contributed by atoms with Gasteiger partial charge < -0.3 is 15.4 Å². The summed E-state index contributed by atoms with van der Waals surface area (Å²) in [4.78, 5) is 26.2. The van der Waals surface area contributed by atoms with Crippen LogP contribution in [-0.2, 0) is 0 Å². The maximum Gasteiger partial charge on any atom is 0.338 e. The number of amides is 1. The Hall–Kier alpha value is -2.08. The molecule has 2 heterocycles. The minimum absolute atomic E-state index is 0.154. The van der Waals surface area contributed by atoms with Gasteiger partial charge in [0.05, 0.1) is 15.8 Å². The number of rotatable bonds is 3. The van der Waals surface area contributed by atoms with Crippen molar-refractivity contribution in [1.29, 1.82) is 0 Å².